The standard InChI is InChI=1S/C18H24N4O3/c1-10-6-7-14(17(19-10)25-5)18(23)22-9-13(24-4)8-15(22)16-20-11(2)12(3)21-16/h6-7,13,15H,8-9H2,1-5H3,(H,20,21)/t13-,15+/m1/s1. The lowest BCUT2D eigenvalue weighted by atomic mass is 10.1. The minimum Gasteiger partial charge on any atom is -0.480 e. The fraction of sp³-hybridized carbons (Fsp3) is 0.500. The summed E-state index contributed by atoms with van der Waals surface area (Å²) in [6.07, 6.45) is 0.681. The van der Waals surface area contributed by atoms with Crippen LogP contribution in [0.15, 0.2) is 12.1 Å². The predicted molar refractivity (Wildman–Crippen MR) is 92.8 cm³/mol. The van der Waals surface area contributed by atoms with E-state index in [0.29, 0.717) is 24.4 Å². The molecule has 0 bridgehead atoms. The number of imidazole rings is 1. The molecule has 0 unspecified atom stereocenters. The number of aryl methyl sites for hydroxylation is 3. The van der Waals surface area contributed by atoms with E-state index in [2.05, 4.69) is 15.0 Å². The Balaban J connectivity index is 1.96. The largest absolute Gasteiger partial charge is 0.480 e. The Morgan fingerprint density at radius 3 is 2.60 bits per heavy atom. The van der Waals surface area contributed by atoms with Gasteiger partial charge in [-0.2, -0.15) is 0 Å². The van der Waals surface area contributed by atoms with Crippen molar-refractivity contribution in [3.8, 4) is 5.88 Å². The number of methoxy groups -OCH3 is 2. The zero-order valence-electron chi connectivity index (χ0n) is 15.3. The quantitative estimate of drug-likeness (QED) is 0.921. The SMILES string of the molecule is COc1nc(C)ccc1C(=O)N1C[C@H](OC)C[C@H]1c1nc(C)c(C)[nH]1. The number of amides is 1. The van der Waals surface area contributed by atoms with Gasteiger partial charge in [0.25, 0.3) is 5.91 Å². The van der Waals surface area contributed by atoms with Crippen molar-refractivity contribution in [1.29, 1.82) is 0 Å². The van der Waals surface area contributed by atoms with Gasteiger partial charge in [-0.25, -0.2) is 9.97 Å². The summed E-state index contributed by atoms with van der Waals surface area (Å²) in [7, 11) is 3.19. The summed E-state index contributed by atoms with van der Waals surface area (Å²) in [5.41, 5.74) is 3.21. The van der Waals surface area contributed by atoms with Crippen LogP contribution in [0.3, 0.4) is 0 Å². The Morgan fingerprint density at radius 2 is 2.00 bits per heavy atom. The monoisotopic (exact) mass is 344 g/mol. The van der Waals surface area contributed by atoms with Gasteiger partial charge in [0.1, 0.15) is 11.4 Å². The number of ether oxygens (including phenoxy) is 2. The van der Waals surface area contributed by atoms with Crippen molar-refractivity contribution in [2.75, 3.05) is 20.8 Å². The van der Waals surface area contributed by atoms with Crippen molar-refractivity contribution in [1.82, 2.24) is 19.9 Å². The smallest absolute Gasteiger partial charge is 0.260 e. The maximum atomic E-state index is 13.2. The third-order valence-electron chi connectivity index (χ3n) is 4.74. The molecule has 3 rings (SSSR count). The van der Waals surface area contributed by atoms with Crippen molar-refractivity contribution >= 4 is 5.91 Å². The highest BCUT2D eigenvalue weighted by Gasteiger charge is 2.39. The van der Waals surface area contributed by atoms with Gasteiger partial charge in [0.2, 0.25) is 5.88 Å². The van der Waals surface area contributed by atoms with Gasteiger partial charge >= 0.3 is 0 Å². The van der Waals surface area contributed by atoms with E-state index in [-0.39, 0.29) is 18.1 Å². The summed E-state index contributed by atoms with van der Waals surface area (Å²) in [5, 5.41) is 0. The van der Waals surface area contributed by atoms with Gasteiger partial charge in [0.15, 0.2) is 0 Å². The molecule has 1 aliphatic rings. The van der Waals surface area contributed by atoms with Crippen LogP contribution in [0.2, 0.25) is 0 Å². The molecule has 7 nitrogen and oxygen atoms in total. The van der Waals surface area contributed by atoms with Crippen molar-refractivity contribution < 1.29 is 14.3 Å². The Bertz CT molecular complexity index is 767. The zero-order chi connectivity index (χ0) is 18.1. The number of rotatable bonds is 4. The summed E-state index contributed by atoms with van der Waals surface area (Å²) < 4.78 is 10.8. The van der Waals surface area contributed by atoms with Gasteiger partial charge in [-0.05, 0) is 32.9 Å². The fourth-order valence-corrected chi connectivity index (χ4v) is 3.19. The first-order valence-corrected chi connectivity index (χ1v) is 8.33. The van der Waals surface area contributed by atoms with E-state index in [9.17, 15) is 4.79 Å². The molecule has 0 saturated carbocycles. The zero-order valence-corrected chi connectivity index (χ0v) is 15.3. The average Bonchev–Trinajstić information content (AvgIpc) is 3.17. The van der Waals surface area contributed by atoms with Crippen LogP contribution in [-0.2, 0) is 4.74 Å². The molecular weight excluding hydrogens is 320 g/mol. The first-order chi connectivity index (χ1) is 11.9. The molecule has 1 amide bonds. The lowest BCUT2D eigenvalue weighted by molar-refractivity contribution is 0.0680. The first-order valence-electron chi connectivity index (χ1n) is 8.33. The average molecular weight is 344 g/mol. The Hall–Kier alpha value is -2.41. The number of H-pyrrole nitrogens is 1. The molecule has 1 N–H and O–H groups in total. The van der Waals surface area contributed by atoms with Crippen LogP contribution >= 0.6 is 0 Å². The Kier molecular flexibility index (Phi) is 4.76. The number of likely N-dealkylation sites (tertiary alicyclic amines) is 1. The number of carbonyl (C=O) groups excluding carboxylic acids is 1. The summed E-state index contributed by atoms with van der Waals surface area (Å²) in [6, 6.07) is 3.42. The normalized spacial score (nSPS) is 20.1. The molecule has 0 aliphatic carbocycles. The van der Waals surface area contributed by atoms with E-state index in [1.165, 1.54) is 7.11 Å². The van der Waals surface area contributed by atoms with Crippen LogP contribution in [0.25, 0.3) is 0 Å². The van der Waals surface area contributed by atoms with Gasteiger partial charge in [-0.1, -0.05) is 0 Å². The topological polar surface area (TPSA) is 80.3 Å². The number of nitrogens with one attached hydrogen (secondary N) is 1. The molecule has 2 aromatic rings. The minimum absolute atomic E-state index is 0.0240. The number of hydrogen-bond acceptors (Lipinski definition) is 5. The van der Waals surface area contributed by atoms with Crippen molar-refractivity contribution in [3.05, 3.63) is 40.6 Å². The van der Waals surface area contributed by atoms with Crippen LogP contribution < -0.4 is 4.74 Å². The fourth-order valence-electron chi connectivity index (χ4n) is 3.19. The van der Waals surface area contributed by atoms with Gasteiger partial charge < -0.3 is 19.4 Å². The number of hydrogen-bond donors (Lipinski definition) is 1. The lowest BCUT2D eigenvalue weighted by Crippen LogP contribution is -2.33. The molecule has 1 aliphatic heterocycles. The molecule has 2 atom stereocenters. The van der Waals surface area contributed by atoms with E-state index in [1.54, 1.807) is 18.1 Å². The third kappa shape index (κ3) is 3.24. The maximum Gasteiger partial charge on any atom is 0.260 e. The number of aromatic nitrogens is 3. The minimum atomic E-state index is -0.157. The first kappa shape index (κ1) is 17.4. The van der Waals surface area contributed by atoms with Gasteiger partial charge in [0, 0.05) is 31.5 Å². The Labute approximate surface area is 147 Å². The van der Waals surface area contributed by atoms with E-state index in [4.69, 9.17) is 9.47 Å². The third-order valence-corrected chi connectivity index (χ3v) is 4.74. The van der Waals surface area contributed by atoms with Crippen LogP contribution in [0.1, 0.15) is 45.7 Å². The van der Waals surface area contributed by atoms with E-state index in [1.807, 2.05) is 26.8 Å². The summed E-state index contributed by atoms with van der Waals surface area (Å²) in [4.78, 5) is 27.2. The maximum absolute atomic E-state index is 13.2. The highest BCUT2D eigenvalue weighted by molar-refractivity contribution is 5.96. The van der Waals surface area contributed by atoms with E-state index >= 15 is 0 Å². The van der Waals surface area contributed by atoms with E-state index < -0.39 is 0 Å². The van der Waals surface area contributed by atoms with Gasteiger partial charge in [0.05, 0.1) is 24.9 Å². The summed E-state index contributed by atoms with van der Waals surface area (Å²) >= 11 is 0. The summed E-state index contributed by atoms with van der Waals surface area (Å²) in [5.74, 6) is 1.01. The molecule has 134 valence electrons. The van der Waals surface area contributed by atoms with Gasteiger partial charge in [-0.3, -0.25) is 4.79 Å². The second-order valence-corrected chi connectivity index (χ2v) is 6.41. The number of carbonyl (C=O) groups is 1. The molecule has 3 heterocycles. The molecule has 0 radical (unpaired) electrons. The number of aromatic amines is 1. The molecule has 1 saturated heterocycles. The molecule has 0 aromatic carbocycles. The molecule has 2 aromatic heterocycles. The molecular formula is C18H24N4O3. The second kappa shape index (κ2) is 6.84. The van der Waals surface area contributed by atoms with Crippen LogP contribution in [0, 0.1) is 20.8 Å². The Morgan fingerprint density at radius 1 is 1.24 bits per heavy atom. The van der Waals surface area contributed by atoms with Crippen LogP contribution in [0.5, 0.6) is 5.88 Å². The predicted octanol–water partition coefficient (Wildman–Crippen LogP) is 2.34. The lowest BCUT2D eigenvalue weighted by Gasteiger charge is -2.23. The number of nitrogens with zero attached hydrogens (tertiary/aromatic N) is 3. The van der Waals surface area contributed by atoms with E-state index in [0.717, 1.165) is 22.9 Å². The molecule has 25 heavy (non-hydrogen) atoms. The second-order valence-electron chi connectivity index (χ2n) is 6.41. The molecule has 1 fully saturated rings. The highest BCUT2D eigenvalue weighted by Crippen LogP contribution is 2.34. The van der Waals surface area contributed by atoms with Crippen molar-refractivity contribution in [3.63, 3.8) is 0 Å². The molecule has 7 heteroatoms. The molecule has 0 spiro atoms. The highest BCUT2D eigenvalue weighted by atomic mass is 16.5. The number of pyridine rings is 1. The van der Waals surface area contributed by atoms with Crippen LogP contribution in [-0.4, -0.2) is 52.6 Å². The van der Waals surface area contributed by atoms with Crippen molar-refractivity contribution in [2.45, 2.75) is 39.3 Å². The summed E-state index contributed by atoms with van der Waals surface area (Å²) in [6.45, 7) is 6.31. The van der Waals surface area contributed by atoms with Crippen molar-refractivity contribution in [2.24, 2.45) is 0 Å². The van der Waals surface area contributed by atoms with Gasteiger partial charge in [-0.15, -0.1) is 0 Å². The van der Waals surface area contributed by atoms with Crippen LogP contribution in [0.4, 0.5) is 0 Å².